The Kier molecular flexibility index (Phi) is 3.70. The molecule has 1 saturated heterocycles. The molecule has 0 N–H and O–H groups in total. The smallest absolute Gasteiger partial charge is 0.355 e. The summed E-state index contributed by atoms with van der Waals surface area (Å²) < 4.78 is 40.0. The average Bonchev–Trinajstić information content (AvgIpc) is 2.70. The predicted octanol–water partition coefficient (Wildman–Crippen LogP) is 3.14. The van der Waals surface area contributed by atoms with Crippen LogP contribution in [-0.4, -0.2) is 32.9 Å². The zero-order valence-corrected chi connectivity index (χ0v) is 12.6. The molecular formula is C14H18F3N5. The van der Waals surface area contributed by atoms with Gasteiger partial charge in [0.15, 0.2) is 11.5 Å². The Bertz CT molecular complexity index is 684. The molecule has 1 aliphatic heterocycles. The zero-order chi connectivity index (χ0) is 15.9. The lowest BCUT2D eigenvalue weighted by Crippen LogP contribution is -2.27. The summed E-state index contributed by atoms with van der Waals surface area (Å²) in [5.41, 5.74) is 1.73. The van der Waals surface area contributed by atoms with Gasteiger partial charge in [0.2, 0.25) is 0 Å². The van der Waals surface area contributed by atoms with Crippen LogP contribution >= 0.6 is 0 Å². The first kappa shape index (κ1) is 15.1. The molecular weight excluding hydrogens is 295 g/mol. The Morgan fingerprint density at radius 3 is 2.14 bits per heavy atom. The number of aryl methyl sites for hydroxylation is 1. The lowest BCUT2D eigenvalue weighted by Gasteiger charge is -2.24. The third-order valence-corrected chi connectivity index (χ3v) is 4.23. The van der Waals surface area contributed by atoms with Gasteiger partial charge in [-0.3, -0.25) is 0 Å². The molecule has 0 saturated carbocycles. The summed E-state index contributed by atoms with van der Waals surface area (Å²) in [4.78, 5) is 2.08. The molecule has 0 amide bonds. The normalized spacial score (nSPS) is 17.0. The van der Waals surface area contributed by atoms with Gasteiger partial charge in [-0.2, -0.15) is 17.7 Å². The second-order valence-corrected chi connectivity index (χ2v) is 5.73. The summed E-state index contributed by atoms with van der Waals surface area (Å²) in [6.07, 6.45) is -0.197. The van der Waals surface area contributed by atoms with E-state index in [1.54, 1.807) is 6.92 Å². The van der Waals surface area contributed by atoms with Crippen molar-refractivity contribution in [2.45, 2.75) is 45.7 Å². The first-order chi connectivity index (χ1) is 10.4. The van der Waals surface area contributed by atoms with Gasteiger partial charge in [-0.15, -0.1) is 15.3 Å². The fourth-order valence-corrected chi connectivity index (χ4v) is 2.87. The molecule has 5 nitrogen and oxygen atoms in total. The van der Waals surface area contributed by atoms with Gasteiger partial charge in [-0.05, 0) is 26.7 Å². The number of rotatable bonds is 1. The van der Waals surface area contributed by atoms with Gasteiger partial charge in [0.05, 0.1) is 0 Å². The number of hydrogen-bond acceptors (Lipinski definition) is 4. The molecule has 0 radical (unpaired) electrons. The summed E-state index contributed by atoms with van der Waals surface area (Å²) in [6, 6.07) is 0. The third-order valence-electron chi connectivity index (χ3n) is 4.23. The Morgan fingerprint density at radius 2 is 1.55 bits per heavy atom. The molecule has 120 valence electrons. The highest BCUT2D eigenvalue weighted by Crippen LogP contribution is 2.31. The van der Waals surface area contributed by atoms with Crippen molar-refractivity contribution in [3.63, 3.8) is 0 Å². The number of hydrogen-bond donors (Lipinski definition) is 0. The quantitative estimate of drug-likeness (QED) is 0.811. The van der Waals surface area contributed by atoms with Crippen molar-refractivity contribution < 1.29 is 13.2 Å². The minimum absolute atomic E-state index is 0.170. The lowest BCUT2D eigenvalue weighted by molar-refractivity contribution is -0.146. The highest BCUT2D eigenvalue weighted by atomic mass is 19.4. The molecule has 2 aromatic rings. The van der Waals surface area contributed by atoms with Gasteiger partial charge in [-0.1, -0.05) is 12.8 Å². The van der Waals surface area contributed by atoms with E-state index in [-0.39, 0.29) is 5.65 Å². The fourth-order valence-electron chi connectivity index (χ4n) is 2.87. The van der Waals surface area contributed by atoms with E-state index in [2.05, 4.69) is 20.2 Å². The van der Waals surface area contributed by atoms with E-state index in [1.807, 2.05) is 6.92 Å². The van der Waals surface area contributed by atoms with Crippen LogP contribution in [0.3, 0.4) is 0 Å². The van der Waals surface area contributed by atoms with Crippen LogP contribution in [0.2, 0.25) is 0 Å². The molecule has 0 bridgehead atoms. The largest absolute Gasteiger partial charge is 0.453 e. The Balaban J connectivity index is 2.15. The van der Waals surface area contributed by atoms with Gasteiger partial charge in [-0.25, -0.2) is 0 Å². The summed E-state index contributed by atoms with van der Waals surface area (Å²) in [7, 11) is 0. The van der Waals surface area contributed by atoms with Crippen LogP contribution in [0.1, 0.15) is 42.6 Å². The molecule has 1 aliphatic rings. The molecule has 22 heavy (non-hydrogen) atoms. The maximum Gasteiger partial charge on any atom is 0.453 e. The Labute approximate surface area is 126 Å². The molecule has 0 unspecified atom stereocenters. The van der Waals surface area contributed by atoms with Crippen molar-refractivity contribution >= 4 is 11.5 Å². The first-order valence-electron chi connectivity index (χ1n) is 7.44. The molecule has 3 heterocycles. The number of aromatic nitrogens is 4. The maximum atomic E-state index is 13.0. The highest BCUT2D eigenvalue weighted by Gasteiger charge is 2.38. The molecule has 8 heteroatoms. The fraction of sp³-hybridized carbons (Fsp3) is 0.643. The van der Waals surface area contributed by atoms with E-state index >= 15 is 0 Å². The second kappa shape index (κ2) is 5.40. The van der Waals surface area contributed by atoms with Crippen LogP contribution in [-0.2, 0) is 6.18 Å². The van der Waals surface area contributed by atoms with Crippen LogP contribution < -0.4 is 4.90 Å². The highest BCUT2D eigenvalue weighted by molar-refractivity contribution is 5.59. The van der Waals surface area contributed by atoms with E-state index in [0.717, 1.165) is 48.9 Å². The van der Waals surface area contributed by atoms with Crippen LogP contribution in [0, 0.1) is 13.8 Å². The zero-order valence-electron chi connectivity index (χ0n) is 12.6. The third kappa shape index (κ3) is 2.50. The molecule has 1 fully saturated rings. The predicted molar refractivity (Wildman–Crippen MR) is 75.9 cm³/mol. The van der Waals surface area contributed by atoms with Crippen molar-refractivity contribution in [2.24, 2.45) is 0 Å². The van der Waals surface area contributed by atoms with Gasteiger partial charge in [0.25, 0.3) is 5.82 Å². The van der Waals surface area contributed by atoms with Gasteiger partial charge >= 0.3 is 6.18 Å². The molecule has 0 aliphatic carbocycles. The van der Waals surface area contributed by atoms with Gasteiger partial charge in [0, 0.05) is 24.2 Å². The topological polar surface area (TPSA) is 46.3 Å². The van der Waals surface area contributed by atoms with Crippen LogP contribution in [0.4, 0.5) is 19.0 Å². The average molecular weight is 313 g/mol. The van der Waals surface area contributed by atoms with Crippen LogP contribution in [0.5, 0.6) is 0 Å². The number of alkyl halides is 3. The number of anilines is 1. The summed E-state index contributed by atoms with van der Waals surface area (Å²) in [6.45, 7) is 5.29. The molecule has 0 atom stereocenters. The monoisotopic (exact) mass is 313 g/mol. The molecule has 0 spiro atoms. The van der Waals surface area contributed by atoms with Crippen LogP contribution in [0.15, 0.2) is 0 Å². The maximum absolute atomic E-state index is 13.0. The summed E-state index contributed by atoms with van der Waals surface area (Å²) in [5, 5.41) is 11.2. The Morgan fingerprint density at radius 1 is 0.909 bits per heavy atom. The number of nitrogens with zero attached hydrogens (tertiary/aromatic N) is 5. The van der Waals surface area contributed by atoms with E-state index in [9.17, 15) is 13.2 Å². The summed E-state index contributed by atoms with van der Waals surface area (Å²) in [5.74, 6) is -0.459. The van der Waals surface area contributed by atoms with Crippen molar-refractivity contribution in [3.8, 4) is 0 Å². The van der Waals surface area contributed by atoms with Crippen molar-refractivity contribution in [1.29, 1.82) is 0 Å². The van der Waals surface area contributed by atoms with Gasteiger partial charge in [0.1, 0.15) is 0 Å². The Hall–Kier alpha value is -1.86. The number of halogens is 3. The molecule has 2 aromatic heterocycles. The van der Waals surface area contributed by atoms with Crippen molar-refractivity contribution in [2.75, 3.05) is 18.0 Å². The molecule has 3 rings (SSSR count). The SMILES string of the molecule is Cc1c(N2CCCCCC2)nn2c(C(F)(F)F)nnc2c1C. The lowest BCUT2D eigenvalue weighted by atomic mass is 10.1. The van der Waals surface area contributed by atoms with Gasteiger partial charge < -0.3 is 4.90 Å². The van der Waals surface area contributed by atoms with E-state index in [4.69, 9.17) is 0 Å². The van der Waals surface area contributed by atoms with E-state index in [0.29, 0.717) is 11.4 Å². The second-order valence-electron chi connectivity index (χ2n) is 5.73. The van der Waals surface area contributed by atoms with E-state index < -0.39 is 12.0 Å². The minimum Gasteiger partial charge on any atom is -0.355 e. The van der Waals surface area contributed by atoms with Crippen molar-refractivity contribution in [1.82, 2.24) is 19.8 Å². The standard InChI is InChI=1S/C14H18F3N5/c1-9-10(2)12(21-7-5-3-4-6-8-21)20-22-11(9)18-19-13(22)14(15,16)17/h3-8H2,1-2H3. The number of fused-ring (bicyclic) bond motifs is 1. The van der Waals surface area contributed by atoms with Crippen molar-refractivity contribution in [3.05, 3.63) is 17.0 Å². The van der Waals surface area contributed by atoms with E-state index in [1.165, 1.54) is 0 Å². The summed E-state index contributed by atoms with van der Waals surface area (Å²) >= 11 is 0. The minimum atomic E-state index is -4.57. The molecule has 0 aromatic carbocycles. The first-order valence-corrected chi connectivity index (χ1v) is 7.44. The van der Waals surface area contributed by atoms with Crippen LogP contribution in [0.25, 0.3) is 5.65 Å².